The fourth-order valence-electron chi connectivity index (χ4n) is 2.69. The maximum atomic E-state index is 13.2. The summed E-state index contributed by atoms with van der Waals surface area (Å²) in [6.45, 7) is 1.50. The fraction of sp³-hybridized carbons (Fsp3) is 0.312. The van der Waals surface area contributed by atoms with Crippen molar-refractivity contribution >= 4 is 17.2 Å². The molecular formula is C16H16FNOS. The number of carbonyl (C=O) groups excluding carboxylic acids is 1. The largest absolute Gasteiger partial charge is 0.339 e. The molecule has 1 aliphatic heterocycles. The molecule has 2 heterocycles. The number of benzene rings is 1. The Morgan fingerprint density at radius 2 is 2.00 bits per heavy atom. The smallest absolute Gasteiger partial charge is 0.253 e. The third-order valence-corrected chi connectivity index (χ3v) is 4.83. The normalized spacial score (nSPS) is 16.4. The molecule has 2 aromatic rings. The molecule has 0 spiro atoms. The standard InChI is InChI=1S/C16H16FNOS/c17-14-4-1-3-13(11-14)16(19)18-8-6-12(7-9-18)15-5-2-10-20-15/h1-5,10-12H,6-9H2. The van der Waals surface area contributed by atoms with Crippen LogP contribution in [0.3, 0.4) is 0 Å². The second-order valence-corrected chi connectivity index (χ2v) is 6.07. The van der Waals surface area contributed by atoms with Gasteiger partial charge in [-0.3, -0.25) is 4.79 Å². The van der Waals surface area contributed by atoms with E-state index >= 15 is 0 Å². The Labute approximate surface area is 121 Å². The molecular weight excluding hydrogens is 273 g/mol. The summed E-state index contributed by atoms with van der Waals surface area (Å²) in [7, 11) is 0. The first-order chi connectivity index (χ1) is 9.74. The molecule has 0 bridgehead atoms. The number of rotatable bonds is 2. The van der Waals surface area contributed by atoms with Crippen molar-refractivity contribution in [2.45, 2.75) is 18.8 Å². The van der Waals surface area contributed by atoms with Gasteiger partial charge in [0, 0.05) is 23.5 Å². The molecule has 20 heavy (non-hydrogen) atoms. The quantitative estimate of drug-likeness (QED) is 0.821. The third-order valence-electron chi connectivity index (χ3n) is 3.80. The number of hydrogen-bond acceptors (Lipinski definition) is 2. The first kappa shape index (κ1) is 13.3. The van der Waals surface area contributed by atoms with E-state index in [1.165, 1.54) is 17.0 Å². The number of likely N-dealkylation sites (tertiary alicyclic amines) is 1. The van der Waals surface area contributed by atoms with Crippen LogP contribution in [-0.2, 0) is 0 Å². The van der Waals surface area contributed by atoms with E-state index < -0.39 is 0 Å². The van der Waals surface area contributed by atoms with Gasteiger partial charge in [0.25, 0.3) is 5.91 Å². The molecule has 1 fully saturated rings. The van der Waals surface area contributed by atoms with Crippen LogP contribution in [-0.4, -0.2) is 23.9 Å². The zero-order valence-corrected chi connectivity index (χ0v) is 11.9. The maximum Gasteiger partial charge on any atom is 0.253 e. The van der Waals surface area contributed by atoms with Crippen LogP contribution in [0.1, 0.15) is 34.0 Å². The first-order valence-electron chi connectivity index (χ1n) is 6.82. The highest BCUT2D eigenvalue weighted by atomic mass is 32.1. The van der Waals surface area contributed by atoms with Gasteiger partial charge in [0.1, 0.15) is 5.82 Å². The average Bonchev–Trinajstić information content (AvgIpc) is 3.01. The van der Waals surface area contributed by atoms with Crippen molar-refractivity contribution in [2.24, 2.45) is 0 Å². The summed E-state index contributed by atoms with van der Waals surface area (Å²) in [4.78, 5) is 15.5. The summed E-state index contributed by atoms with van der Waals surface area (Å²) in [6, 6.07) is 10.2. The molecule has 1 aromatic carbocycles. The summed E-state index contributed by atoms with van der Waals surface area (Å²) in [6.07, 6.45) is 1.98. The second kappa shape index (κ2) is 5.75. The Hall–Kier alpha value is -1.68. The lowest BCUT2D eigenvalue weighted by atomic mass is 9.95. The lowest BCUT2D eigenvalue weighted by molar-refractivity contribution is 0.0713. The number of piperidine rings is 1. The Morgan fingerprint density at radius 1 is 1.20 bits per heavy atom. The van der Waals surface area contributed by atoms with Gasteiger partial charge in [-0.05, 0) is 48.4 Å². The van der Waals surface area contributed by atoms with Crippen LogP contribution in [0.5, 0.6) is 0 Å². The predicted molar refractivity (Wildman–Crippen MR) is 78.6 cm³/mol. The van der Waals surface area contributed by atoms with E-state index in [-0.39, 0.29) is 11.7 Å². The van der Waals surface area contributed by atoms with Crippen molar-refractivity contribution in [3.05, 3.63) is 58.0 Å². The van der Waals surface area contributed by atoms with Gasteiger partial charge in [-0.2, -0.15) is 0 Å². The zero-order chi connectivity index (χ0) is 13.9. The van der Waals surface area contributed by atoms with Gasteiger partial charge < -0.3 is 4.90 Å². The number of nitrogens with zero attached hydrogens (tertiary/aromatic N) is 1. The number of amides is 1. The summed E-state index contributed by atoms with van der Waals surface area (Å²) in [5.74, 6) is 0.144. The molecule has 1 amide bonds. The van der Waals surface area contributed by atoms with Gasteiger partial charge >= 0.3 is 0 Å². The number of halogens is 1. The zero-order valence-electron chi connectivity index (χ0n) is 11.1. The highest BCUT2D eigenvalue weighted by Gasteiger charge is 2.25. The van der Waals surface area contributed by atoms with Crippen molar-refractivity contribution in [2.75, 3.05) is 13.1 Å². The minimum absolute atomic E-state index is 0.0610. The van der Waals surface area contributed by atoms with E-state index in [0.717, 1.165) is 25.9 Å². The molecule has 0 saturated carbocycles. The number of hydrogen-bond donors (Lipinski definition) is 0. The van der Waals surface area contributed by atoms with Crippen LogP contribution in [0.25, 0.3) is 0 Å². The predicted octanol–water partition coefficient (Wildman–Crippen LogP) is 3.91. The van der Waals surface area contributed by atoms with Crippen molar-refractivity contribution in [1.82, 2.24) is 4.90 Å². The number of carbonyl (C=O) groups is 1. The molecule has 0 atom stereocenters. The Kier molecular flexibility index (Phi) is 3.83. The summed E-state index contributed by atoms with van der Waals surface area (Å²) < 4.78 is 13.2. The molecule has 1 aliphatic rings. The molecule has 1 aromatic heterocycles. The van der Waals surface area contributed by atoms with E-state index in [2.05, 4.69) is 17.5 Å². The highest BCUT2D eigenvalue weighted by Crippen LogP contribution is 2.31. The van der Waals surface area contributed by atoms with Gasteiger partial charge in [-0.25, -0.2) is 4.39 Å². The summed E-state index contributed by atoms with van der Waals surface area (Å²) in [5, 5.41) is 2.10. The second-order valence-electron chi connectivity index (χ2n) is 5.09. The Balaban J connectivity index is 1.65. The topological polar surface area (TPSA) is 20.3 Å². The van der Waals surface area contributed by atoms with E-state index in [4.69, 9.17) is 0 Å². The first-order valence-corrected chi connectivity index (χ1v) is 7.70. The van der Waals surface area contributed by atoms with E-state index in [1.807, 2.05) is 4.90 Å². The molecule has 0 unspecified atom stereocenters. The Bertz CT molecular complexity index is 588. The van der Waals surface area contributed by atoms with Crippen LogP contribution in [0.2, 0.25) is 0 Å². The van der Waals surface area contributed by atoms with E-state index in [9.17, 15) is 9.18 Å². The van der Waals surface area contributed by atoms with Crippen molar-refractivity contribution < 1.29 is 9.18 Å². The van der Waals surface area contributed by atoms with Crippen molar-refractivity contribution in [3.8, 4) is 0 Å². The van der Waals surface area contributed by atoms with Gasteiger partial charge in [0.2, 0.25) is 0 Å². The summed E-state index contributed by atoms with van der Waals surface area (Å²) >= 11 is 1.78. The lowest BCUT2D eigenvalue weighted by Gasteiger charge is -2.31. The lowest BCUT2D eigenvalue weighted by Crippen LogP contribution is -2.37. The molecule has 0 radical (unpaired) electrons. The van der Waals surface area contributed by atoms with Gasteiger partial charge in [0.05, 0.1) is 0 Å². The minimum Gasteiger partial charge on any atom is -0.339 e. The Morgan fingerprint density at radius 3 is 2.65 bits per heavy atom. The molecule has 104 valence electrons. The van der Waals surface area contributed by atoms with Gasteiger partial charge in [-0.15, -0.1) is 11.3 Å². The number of thiophene rings is 1. The molecule has 0 N–H and O–H groups in total. The van der Waals surface area contributed by atoms with Crippen LogP contribution in [0, 0.1) is 5.82 Å². The molecule has 4 heteroatoms. The third kappa shape index (κ3) is 2.75. The highest BCUT2D eigenvalue weighted by molar-refractivity contribution is 7.10. The average molecular weight is 289 g/mol. The molecule has 3 rings (SSSR count). The minimum atomic E-state index is -0.357. The van der Waals surface area contributed by atoms with Crippen LogP contribution >= 0.6 is 11.3 Å². The van der Waals surface area contributed by atoms with Crippen LogP contribution in [0.4, 0.5) is 4.39 Å². The van der Waals surface area contributed by atoms with E-state index in [0.29, 0.717) is 11.5 Å². The molecule has 1 saturated heterocycles. The van der Waals surface area contributed by atoms with Gasteiger partial charge in [0.15, 0.2) is 0 Å². The van der Waals surface area contributed by atoms with Crippen LogP contribution < -0.4 is 0 Å². The van der Waals surface area contributed by atoms with Crippen molar-refractivity contribution in [3.63, 3.8) is 0 Å². The monoisotopic (exact) mass is 289 g/mol. The van der Waals surface area contributed by atoms with Crippen molar-refractivity contribution in [1.29, 1.82) is 0 Å². The molecule has 2 nitrogen and oxygen atoms in total. The SMILES string of the molecule is O=C(c1cccc(F)c1)N1CCC(c2cccs2)CC1. The fourth-order valence-corrected chi connectivity index (χ4v) is 3.59. The molecule has 0 aliphatic carbocycles. The van der Waals surface area contributed by atoms with Crippen LogP contribution in [0.15, 0.2) is 41.8 Å². The van der Waals surface area contributed by atoms with E-state index in [1.54, 1.807) is 23.5 Å². The maximum absolute atomic E-state index is 13.2. The van der Waals surface area contributed by atoms with Gasteiger partial charge in [-0.1, -0.05) is 12.1 Å². The summed E-state index contributed by atoms with van der Waals surface area (Å²) in [5.41, 5.74) is 0.444.